The molecule has 3 aliphatic heterocycles. The lowest BCUT2D eigenvalue weighted by molar-refractivity contribution is -0.141. The van der Waals surface area contributed by atoms with Crippen LogP contribution in [0.1, 0.15) is 75.7 Å². The quantitative estimate of drug-likeness (QED) is 0.161. The van der Waals surface area contributed by atoms with Crippen molar-refractivity contribution in [2.75, 3.05) is 43.4 Å². The minimum atomic E-state index is -0.894. The molecule has 4 fully saturated rings. The van der Waals surface area contributed by atoms with Crippen molar-refractivity contribution in [1.29, 1.82) is 0 Å². The number of amides is 3. The highest BCUT2D eigenvalue weighted by Gasteiger charge is 2.39. The summed E-state index contributed by atoms with van der Waals surface area (Å²) in [6.45, 7) is 2.98. The Hall–Kier alpha value is -5.54. The standard InChI is InChI=1S/C44H50F2N8O5/c45-35-25-32(48-37-13-14-38(55)50-41(37)57)11-12-34(35)28-15-20-52(21-16-28)27-44(59)17-22-53(23-18-44)42(58)29-7-9-31(10-8-29)49-43-47-26-36(46)40(51-43)30-4-3-5-33(24-30)54-19-2-1-6-39(54)56/h1-6,11-12,19,24-26,28-29,31,37,48,59H,7-10,13-18,20-23,27H2,(H,47,49,51)(H,50,55,57)/t29?,31?,37-/m0/s1. The normalized spacial score (nSPS) is 22.8. The molecule has 13 nitrogen and oxygen atoms in total. The summed E-state index contributed by atoms with van der Waals surface area (Å²) in [5.74, 6) is -1.20. The predicted octanol–water partition coefficient (Wildman–Crippen LogP) is 4.99. The Labute approximate surface area is 341 Å². The maximum Gasteiger partial charge on any atom is 0.255 e. The van der Waals surface area contributed by atoms with Crippen LogP contribution in [0, 0.1) is 17.6 Å². The highest BCUT2D eigenvalue weighted by molar-refractivity contribution is 6.01. The van der Waals surface area contributed by atoms with E-state index >= 15 is 4.39 Å². The smallest absolute Gasteiger partial charge is 0.255 e. The Morgan fingerprint density at radius 1 is 0.864 bits per heavy atom. The SMILES string of the molecule is O=C1CC[C@H](Nc2ccc(C3CCN(CC4(O)CCN(C(=O)C5CCC(Nc6ncc(F)c(-c7cccc(-n8ccccc8=O)c7)n6)CC5)CC4)CC3)c(F)c2)C(=O)N1. The molecule has 0 unspecified atom stereocenters. The number of likely N-dealkylation sites (tertiary alicyclic amines) is 2. The van der Waals surface area contributed by atoms with Gasteiger partial charge in [-0.2, -0.15) is 0 Å². The number of aromatic nitrogens is 3. The van der Waals surface area contributed by atoms with Crippen molar-refractivity contribution in [3.05, 3.63) is 101 Å². The van der Waals surface area contributed by atoms with Gasteiger partial charge in [-0.15, -0.1) is 0 Å². The average Bonchev–Trinajstić information content (AvgIpc) is 3.23. The molecule has 3 saturated heterocycles. The highest BCUT2D eigenvalue weighted by Crippen LogP contribution is 2.35. The van der Waals surface area contributed by atoms with Crippen LogP contribution in [-0.4, -0.2) is 97.6 Å². The molecule has 2 aromatic carbocycles. The maximum absolute atomic E-state index is 15.3. The Balaban J connectivity index is 0.776. The van der Waals surface area contributed by atoms with Gasteiger partial charge in [0.15, 0.2) is 5.82 Å². The van der Waals surface area contributed by atoms with Gasteiger partial charge in [-0.05, 0) is 113 Å². The van der Waals surface area contributed by atoms with E-state index in [1.54, 1.807) is 54.7 Å². The van der Waals surface area contributed by atoms with Crippen LogP contribution in [0.25, 0.3) is 16.9 Å². The van der Waals surface area contributed by atoms with E-state index in [0.717, 1.165) is 45.0 Å². The van der Waals surface area contributed by atoms with Crippen LogP contribution in [0.2, 0.25) is 0 Å². The number of nitrogens with zero attached hydrogens (tertiary/aromatic N) is 5. The molecule has 4 aromatic rings. The molecular weight excluding hydrogens is 759 g/mol. The third-order valence-corrected chi connectivity index (χ3v) is 12.5. The number of hydrogen-bond donors (Lipinski definition) is 4. The monoisotopic (exact) mass is 808 g/mol. The second-order valence-electron chi connectivity index (χ2n) is 16.5. The number of aliphatic hydroxyl groups is 1. The third-order valence-electron chi connectivity index (χ3n) is 12.5. The molecule has 8 rings (SSSR count). The van der Waals surface area contributed by atoms with Gasteiger partial charge >= 0.3 is 0 Å². The van der Waals surface area contributed by atoms with Crippen LogP contribution >= 0.6 is 0 Å². The minimum Gasteiger partial charge on any atom is -0.388 e. The molecule has 0 spiro atoms. The number of piperidine rings is 3. The average molecular weight is 809 g/mol. The van der Waals surface area contributed by atoms with Crippen molar-refractivity contribution in [2.45, 2.75) is 87.8 Å². The van der Waals surface area contributed by atoms with Gasteiger partial charge in [0.25, 0.3) is 5.56 Å². The minimum absolute atomic E-state index is 0.0278. The zero-order valence-electron chi connectivity index (χ0n) is 32.9. The van der Waals surface area contributed by atoms with E-state index in [1.165, 1.54) is 16.7 Å². The Bertz CT molecular complexity index is 2250. The first-order valence-electron chi connectivity index (χ1n) is 20.7. The lowest BCUT2D eigenvalue weighted by Crippen LogP contribution is -2.54. The van der Waals surface area contributed by atoms with Crippen LogP contribution < -0.4 is 21.5 Å². The number of nitrogens with one attached hydrogen (secondary N) is 3. The summed E-state index contributed by atoms with van der Waals surface area (Å²) in [6, 6.07) is 16.3. The Kier molecular flexibility index (Phi) is 11.8. The summed E-state index contributed by atoms with van der Waals surface area (Å²) in [6.07, 6.45) is 8.82. The van der Waals surface area contributed by atoms with Crippen molar-refractivity contribution in [3.8, 4) is 16.9 Å². The Morgan fingerprint density at radius 3 is 2.37 bits per heavy atom. The van der Waals surface area contributed by atoms with Gasteiger partial charge in [0.1, 0.15) is 17.6 Å². The topological polar surface area (TPSA) is 162 Å². The van der Waals surface area contributed by atoms with Crippen LogP contribution in [0.5, 0.6) is 0 Å². The number of carbonyl (C=O) groups excluding carboxylic acids is 3. The van der Waals surface area contributed by atoms with Crippen LogP contribution in [0.4, 0.5) is 20.4 Å². The molecule has 1 atom stereocenters. The lowest BCUT2D eigenvalue weighted by atomic mass is 9.83. The fourth-order valence-corrected chi connectivity index (χ4v) is 9.11. The highest BCUT2D eigenvalue weighted by atomic mass is 19.1. The molecule has 4 N–H and O–H groups in total. The predicted molar refractivity (Wildman–Crippen MR) is 218 cm³/mol. The first-order chi connectivity index (χ1) is 28.5. The zero-order valence-corrected chi connectivity index (χ0v) is 32.9. The molecule has 4 aliphatic rings. The molecule has 310 valence electrons. The molecule has 5 heterocycles. The number of pyridine rings is 1. The summed E-state index contributed by atoms with van der Waals surface area (Å²) in [5.41, 5.74) is 1.31. The number of halogens is 2. The summed E-state index contributed by atoms with van der Waals surface area (Å²) < 4.78 is 31.7. The van der Waals surface area contributed by atoms with Crippen molar-refractivity contribution >= 4 is 29.4 Å². The molecular formula is C44H50F2N8O5. The second-order valence-corrected chi connectivity index (χ2v) is 16.5. The molecule has 2 aromatic heterocycles. The number of imide groups is 1. The summed E-state index contributed by atoms with van der Waals surface area (Å²) in [7, 11) is 0. The van der Waals surface area contributed by atoms with Crippen molar-refractivity contribution in [1.82, 2.24) is 29.7 Å². The van der Waals surface area contributed by atoms with Gasteiger partial charge in [0.2, 0.25) is 23.7 Å². The van der Waals surface area contributed by atoms with Crippen molar-refractivity contribution < 1.29 is 28.3 Å². The first-order valence-corrected chi connectivity index (χ1v) is 20.7. The number of hydrogen-bond acceptors (Lipinski definition) is 10. The fraction of sp³-hybridized carbons (Fsp3) is 0.455. The molecule has 3 amide bonds. The first kappa shape index (κ1) is 40.2. The van der Waals surface area contributed by atoms with E-state index in [4.69, 9.17) is 0 Å². The van der Waals surface area contributed by atoms with Crippen molar-refractivity contribution in [2.24, 2.45) is 5.92 Å². The zero-order chi connectivity index (χ0) is 41.1. The van der Waals surface area contributed by atoms with E-state index in [0.29, 0.717) is 80.2 Å². The summed E-state index contributed by atoms with van der Waals surface area (Å²) in [4.78, 5) is 62.4. The molecule has 0 radical (unpaired) electrons. The summed E-state index contributed by atoms with van der Waals surface area (Å²) >= 11 is 0. The number of carbonyl (C=O) groups is 3. The van der Waals surface area contributed by atoms with Gasteiger partial charge in [0.05, 0.1) is 11.8 Å². The van der Waals surface area contributed by atoms with Gasteiger partial charge in [0, 0.05) is 67.2 Å². The van der Waals surface area contributed by atoms with Gasteiger partial charge in [-0.3, -0.25) is 29.1 Å². The van der Waals surface area contributed by atoms with E-state index in [2.05, 4.69) is 30.8 Å². The van der Waals surface area contributed by atoms with Crippen molar-refractivity contribution in [3.63, 3.8) is 0 Å². The molecule has 15 heteroatoms. The lowest BCUT2D eigenvalue weighted by Gasteiger charge is -2.43. The van der Waals surface area contributed by atoms with Crippen LogP contribution in [0.15, 0.2) is 77.9 Å². The van der Waals surface area contributed by atoms with E-state index in [9.17, 15) is 28.7 Å². The fourth-order valence-electron chi connectivity index (χ4n) is 9.11. The second kappa shape index (κ2) is 17.4. The summed E-state index contributed by atoms with van der Waals surface area (Å²) in [5, 5.41) is 20.3. The molecule has 0 bridgehead atoms. The largest absolute Gasteiger partial charge is 0.388 e. The number of β-amino-alcohol motifs (C(OH)–C–C–N with tert-alkyl or cyclic N) is 1. The molecule has 1 aliphatic carbocycles. The third kappa shape index (κ3) is 9.36. The molecule has 59 heavy (non-hydrogen) atoms. The number of rotatable bonds is 10. The Morgan fingerprint density at radius 2 is 1.64 bits per heavy atom. The van der Waals surface area contributed by atoms with E-state index in [-0.39, 0.29) is 53.2 Å². The van der Waals surface area contributed by atoms with Gasteiger partial charge in [-0.25, -0.2) is 18.7 Å². The maximum atomic E-state index is 15.3. The van der Waals surface area contributed by atoms with E-state index < -0.39 is 23.4 Å². The van der Waals surface area contributed by atoms with Crippen LogP contribution in [0.3, 0.4) is 0 Å². The number of benzene rings is 2. The van der Waals surface area contributed by atoms with Crippen LogP contribution in [-0.2, 0) is 14.4 Å². The number of anilines is 2. The van der Waals surface area contributed by atoms with Gasteiger partial charge in [-0.1, -0.05) is 24.3 Å². The molecule has 1 saturated carbocycles. The van der Waals surface area contributed by atoms with E-state index in [1.807, 2.05) is 4.90 Å². The van der Waals surface area contributed by atoms with Gasteiger partial charge < -0.3 is 25.5 Å².